The summed E-state index contributed by atoms with van der Waals surface area (Å²) in [6, 6.07) is 5.18. The molecule has 0 heterocycles. The Labute approximate surface area is 118 Å². The van der Waals surface area contributed by atoms with E-state index in [1.807, 2.05) is 13.8 Å². The summed E-state index contributed by atoms with van der Waals surface area (Å²) in [7, 11) is 0. The Morgan fingerprint density at radius 3 is 2.65 bits per heavy atom. The number of nitrogens with two attached hydrogens (primary N) is 2. The maximum Gasteiger partial charge on any atom is 0.250 e. The highest BCUT2D eigenvalue weighted by molar-refractivity contribution is 6.00. The maximum absolute atomic E-state index is 11.6. The highest BCUT2D eigenvalue weighted by Crippen LogP contribution is 2.22. The molecule has 0 aliphatic carbocycles. The largest absolute Gasteiger partial charge is 0.396 e. The van der Waals surface area contributed by atoms with E-state index in [0.717, 1.165) is 6.42 Å². The second kappa shape index (κ2) is 7.37. The molecule has 0 saturated carbocycles. The second-order valence-corrected chi connectivity index (χ2v) is 4.68. The van der Waals surface area contributed by atoms with Crippen molar-refractivity contribution in [2.75, 3.05) is 17.6 Å². The van der Waals surface area contributed by atoms with Crippen molar-refractivity contribution >= 4 is 23.2 Å². The predicted molar refractivity (Wildman–Crippen MR) is 80.4 cm³/mol. The van der Waals surface area contributed by atoms with Gasteiger partial charge in [0.25, 0.3) is 5.91 Å². The molecule has 1 aromatic rings. The van der Waals surface area contributed by atoms with Gasteiger partial charge in [0.15, 0.2) is 0 Å². The molecule has 1 aromatic carbocycles. The lowest BCUT2D eigenvalue weighted by Crippen LogP contribution is -2.33. The molecule has 0 aliphatic heterocycles. The van der Waals surface area contributed by atoms with Crippen LogP contribution in [0.25, 0.3) is 0 Å². The van der Waals surface area contributed by atoms with E-state index in [2.05, 4.69) is 10.6 Å². The molecule has 2 amide bonds. The molecule has 0 radical (unpaired) electrons. The minimum Gasteiger partial charge on any atom is -0.396 e. The van der Waals surface area contributed by atoms with Gasteiger partial charge in [-0.25, -0.2) is 0 Å². The van der Waals surface area contributed by atoms with Crippen LogP contribution in [0, 0.1) is 0 Å². The van der Waals surface area contributed by atoms with Crippen molar-refractivity contribution in [3.8, 4) is 0 Å². The van der Waals surface area contributed by atoms with Gasteiger partial charge in [0.05, 0.1) is 16.9 Å². The van der Waals surface area contributed by atoms with E-state index in [-0.39, 0.29) is 17.5 Å². The Kier molecular flexibility index (Phi) is 5.83. The minimum atomic E-state index is -0.569. The van der Waals surface area contributed by atoms with Gasteiger partial charge in [0, 0.05) is 19.0 Å². The third-order valence-electron chi connectivity index (χ3n) is 3.06. The van der Waals surface area contributed by atoms with Crippen molar-refractivity contribution in [2.24, 2.45) is 5.73 Å². The topological polar surface area (TPSA) is 110 Å². The minimum absolute atomic E-state index is 0.0172. The van der Waals surface area contributed by atoms with Crippen LogP contribution in [0.2, 0.25) is 0 Å². The van der Waals surface area contributed by atoms with Crippen molar-refractivity contribution in [3.63, 3.8) is 0 Å². The highest BCUT2D eigenvalue weighted by Gasteiger charge is 2.10. The van der Waals surface area contributed by atoms with Crippen LogP contribution >= 0.6 is 0 Å². The monoisotopic (exact) mass is 278 g/mol. The van der Waals surface area contributed by atoms with Gasteiger partial charge >= 0.3 is 0 Å². The predicted octanol–water partition coefficient (Wildman–Crippen LogP) is 1.08. The molecule has 6 heteroatoms. The number of hydrogen-bond donors (Lipinski definition) is 4. The van der Waals surface area contributed by atoms with E-state index in [9.17, 15) is 9.59 Å². The zero-order chi connectivity index (χ0) is 15.1. The van der Waals surface area contributed by atoms with Crippen LogP contribution in [-0.4, -0.2) is 24.4 Å². The molecule has 0 aromatic heterocycles. The number of benzene rings is 1. The summed E-state index contributed by atoms with van der Waals surface area (Å²) in [6.07, 6.45) is 1.23. The number of nitrogen functional groups attached to an aromatic ring is 1. The average Bonchev–Trinajstić information content (AvgIpc) is 2.40. The van der Waals surface area contributed by atoms with Crippen LogP contribution in [0.4, 0.5) is 11.4 Å². The molecule has 1 atom stereocenters. The summed E-state index contributed by atoms with van der Waals surface area (Å²) in [5.74, 6) is -0.586. The first-order chi connectivity index (χ1) is 9.45. The zero-order valence-electron chi connectivity index (χ0n) is 11.9. The lowest BCUT2D eigenvalue weighted by Gasteiger charge is -2.13. The molecule has 6 N–H and O–H groups in total. The first kappa shape index (κ1) is 15.8. The molecule has 20 heavy (non-hydrogen) atoms. The summed E-state index contributed by atoms with van der Waals surface area (Å²) in [6.45, 7) is 4.41. The van der Waals surface area contributed by atoms with Crippen LogP contribution < -0.4 is 22.1 Å². The average molecular weight is 278 g/mol. The quantitative estimate of drug-likeness (QED) is 0.559. The van der Waals surface area contributed by atoms with Crippen LogP contribution in [0.5, 0.6) is 0 Å². The van der Waals surface area contributed by atoms with Crippen molar-refractivity contribution in [1.82, 2.24) is 5.32 Å². The van der Waals surface area contributed by atoms with Crippen LogP contribution in [0.1, 0.15) is 37.0 Å². The van der Waals surface area contributed by atoms with E-state index in [1.54, 1.807) is 18.2 Å². The highest BCUT2D eigenvalue weighted by atomic mass is 16.2. The number of primary amides is 1. The molecule has 0 bridgehead atoms. The summed E-state index contributed by atoms with van der Waals surface area (Å²) in [5, 5.41) is 5.91. The first-order valence-corrected chi connectivity index (χ1v) is 6.67. The lowest BCUT2D eigenvalue weighted by atomic mass is 10.1. The van der Waals surface area contributed by atoms with Gasteiger partial charge in [-0.2, -0.15) is 0 Å². The smallest absolute Gasteiger partial charge is 0.250 e. The van der Waals surface area contributed by atoms with Gasteiger partial charge in [0.2, 0.25) is 5.91 Å². The number of amides is 2. The van der Waals surface area contributed by atoms with Crippen molar-refractivity contribution in [2.45, 2.75) is 32.7 Å². The van der Waals surface area contributed by atoms with Crippen molar-refractivity contribution in [3.05, 3.63) is 23.8 Å². The van der Waals surface area contributed by atoms with Gasteiger partial charge < -0.3 is 22.1 Å². The summed E-state index contributed by atoms with van der Waals surface area (Å²) in [5.41, 5.74) is 12.3. The van der Waals surface area contributed by atoms with Crippen LogP contribution in [0.15, 0.2) is 18.2 Å². The van der Waals surface area contributed by atoms with E-state index in [1.165, 1.54) is 0 Å². The van der Waals surface area contributed by atoms with Gasteiger partial charge in [-0.05, 0) is 25.5 Å². The standard InChI is InChI=1S/C14H22N4O2/c1-3-9(2)18-12(19)7-8-17-11-6-4-5-10(13(11)15)14(16)20/h4-6,9,17H,3,7-8,15H2,1-2H3,(H2,16,20)(H,18,19). The number of anilines is 2. The second-order valence-electron chi connectivity index (χ2n) is 4.68. The molecule has 6 nitrogen and oxygen atoms in total. The van der Waals surface area contributed by atoms with Crippen LogP contribution in [0.3, 0.4) is 0 Å². The number of rotatable bonds is 7. The van der Waals surface area contributed by atoms with Gasteiger partial charge in [-0.15, -0.1) is 0 Å². The molecule has 0 spiro atoms. The molecule has 0 aliphatic rings. The van der Waals surface area contributed by atoms with E-state index in [0.29, 0.717) is 24.3 Å². The SMILES string of the molecule is CCC(C)NC(=O)CCNc1cccc(C(N)=O)c1N. The van der Waals surface area contributed by atoms with Crippen molar-refractivity contribution < 1.29 is 9.59 Å². The van der Waals surface area contributed by atoms with E-state index >= 15 is 0 Å². The molecule has 0 fully saturated rings. The van der Waals surface area contributed by atoms with E-state index < -0.39 is 5.91 Å². The Morgan fingerprint density at radius 1 is 1.35 bits per heavy atom. The Hall–Kier alpha value is -2.24. The molecule has 1 rings (SSSR count). The number of carbonyl (C=O) groups excluding carboxylic acids is 2. The number of carbonyl (C=O) groups is 2. The van der Waals surface area contributed by atoms with Gasteiger partial charge in [0.1, 0.15) is 0 Å². The number of nitrogens with one attached hydrogen (secondary N) is 2. The third kappa shape index (κ3) is 4.46. The van der Waals surface area contributed by atoms with Crippen LogP contribution in [-0.2, 0) is 4.79 Å². The maximum atomic E-state index is 11.6. The Balaban J connectivity index is 2.52. The summed E-state index contributed by atoms with van der Waals surface area (Å²) >= 11 is 0. The Bertz CT molecular complexity index is 488. The molecule has 0 saturated heterocycles. The fourth-order valence-corrected chi connectivity index (χ4v) is 1.69. The third-order valence-corrected chi connectivity index (χ3v) is 3.06. The van der Waals surface area contributed by atoms with Gasteiger partial charge in [-0.3, -0.25) is 9.59 Å². The van der Waals surface area contributed by atoms with E-state index in [4.69, 9.17) is 11.5 Å². The number of para-hydroxylation sites is 1. The summed E-state index contributed by atoms with van der Waals surface area (Å²) in [4.78, 5) is 22.8. The summed E-state index contributed by atoms with van der Waals surface area (Å²) < 4.78 is 0. The number of hydrogen-bond acceptors (Lipinski definition) is 4. The molecular formula is C14H22N4O2. The molecule has 110 valence electrons. The van der Waals surface area contributed by atoms with Crippen molar-refractivity contribution in [1.29, 1.82) is 0 Å². The Morgan fingerprint density at radius 2 is 2.05 bits per heavy atom. The zero-order valence-corrected chi connectivity index (χ0v) is 11.9. The first-order valence-electron chi connectivity index (χ1n) is 6.67. The fraction of sp³-hybridized carbons (Fsp3) is 0.429. The van der Waals surface area contributed by atoms with Gasteiger partial charge in [-0.1, -0.05) is 13.0 Å². The lowest BCUT2D eigenvalue weighted by molar-refractivity contribution is -0.121. The molecular weight excluding hydrogens is 256 g/mol. The molecule has 1 unspecified atom stereocenters. The normalized spacial score (nSPS) is 11.7. The fourth-order valence-electron chi connectivity index (χ4n) is 1.69.